The molecule has 2 aromatic heterocycles. The highest BCUT2D eigenvalue weighted by molar-refractivity contribution is 5.70. The topological polar surface area (TPSA) is 128 Å². The number of carboxylic acids is 1. The fraction of sp³-hybridized carbons (Fsp3) is 0.375. The van der Waals surface area contributed by atoms with Gasteiger partial charge in [0.05, 0.1) is 36.2 Å². The summed E-state index contributed by atoms with van der Waals surface area (Å²) in [6, 6.07) is 9.45. The molecule has 0 spiro atoms. The fourth-order valence-corrected chi connectivity index (χ4v) is 3.96. The Balaban J connectivity index is 1.38. The maximum absolute atomic E-state index is 12.2. The van der Waals surface area contributed by atoms with Crippen molar-refractivity contribution in [3.63, 3.8) is 0 Å². The number of hydrogen-bond acceptors (Lipinski definition) is 7. The minimum atomic E-state index is -0.786. The number of carbonyl (C=O) groups excluding carboxylic acids is 1. The number of carboxylic acid groups (broad SMARTS) is 1. The first-order chi connectivity index (χ1) is 16.4. The van der Waals surface area contributed by atoms with Crippen molar-refractivity contribution in [2.45, 2.75) is 45.4 Å². The number of amides is 1. The van der Waals surface area contributed by atoms with Crippen molar-refractivity contribution in [2.24, 2.45) is 13.0 Å². The number of rotatable bonds is 8. The standard InChI is InChI=1S/C24H27N5O5/c1-15-22(34-18-9-8-17(10-18)23(30)31)25-12-20(28-15)19-11-27-29(2)21(19)13-26-24(32)33-14-16-6-4-3-5-7-16/h3-7,11-12,17-18H,8-10,13-14H2,1-2H3,(H,26,32)(H,30,31)/t17-,18-/m0/s1. The van der Waals surface area contributed by atoms with Gasteiger partial charge in [-0.3, -0.25) is 9.48 Å². The van der Waals surface area contributed by atoms with Crippen LogP contribution < -0.4 is 10.1 Å². The van der Waals surface area contributed by atoms with Crippen molar-refractivity contribution in [1.82, 2.24) is 25.1 Å². The lowest BCUT2D eigenvalue weighted by atomic mass is 10.1. The van der Waals surface area contributed by atoms with E-state index in [4.69, 9.17) is 9.47 Å². The van der Waals surface area contributed by atoms with Crippen LogP contribution in [-0.2, 0) is 29.7 Å². The normalized spacial score (nSPS) is 17.4. The van der Waals surface area contributed by atoms with Gasteiger partial charge in [-0.1, -0.05) is 30.3 Å². The van der Waals surface area contributed by atoms with Gasteiger partial charge in [0.15, 0.2) is 0 Å². The van der Waals surface area contributed by atoms with E-state index in [1.807, 2.05) is 30.3 Å². The summed E-state index contributed by atoms with van der Waals surface area (Å²) in [5.74, 6) is -0.763. The predicted octanol–water partition coefficient (Wildman–Crippen LogP) is 3.24. The van der Waals surface area contributed by atoms with Crippen LogP contribution in [0.25, 0.3) is 11.3 Å². The minimum absolute atomic E-state index is 0.181. The molecule has 1 aromatic carbocycles. The summed E-state index contributed by atoms with van der Waals surface area (Å²) in [5.41, 5.74) is 3.59. The lowest BCUT2D eigenvalue weighted by Gasteiger charge is -2.14. The molecule has 1 fully saturated rings. The Kier molecular flexibility index (Phi) is 7.05. The summed E-state index contributed by atoms with van der Waals surface area (Å²) in [7, 11) is 1.78. The van der Waals surface area contributed by atoms with Gasteiger partial charge < -0.3 is 19.9 Å². The third-order valence-electron chi connectivity index (χ3n) is 5.86. The Labute approximate surface area is 196 Å². The summed E-state index contributed by atoms with van der Waals surface area (Å²) >= 11 is 0. The van der Waals surface area contributed by atoms with Gasteiger partial charge in [-0.2, -0.15) is 5.10 Å². The number of benzene rings is 1. The molecule has 1 aliphatic carbocycles. The fourth-order valence-electron chi connectivity index (χ4n) is 3.96. The van der Waals surface area contributed by atoms with Crippen molar-refractivity contribution in [2.75, 3.05) is 0 Å². The van der Waals surface area contributed by atoms with Gasteiger partial charge in [-0.15, -0.1) is 0 Å². The molecule has 2 N–H and O–H groups in total. The van der Waals surface area contributed by atoms with Crippen LogP contribution in [0, 0.1) is 12.8 Å². The first kappa shape index (κ1) is 23.2. The van der Waals surface area contributed by atoms with E-state index >= 15 is 0 Å². The molecular weight excluding hydrogens is 438 g/mol. The van der Waals surface area contributed by atoms with Crippen LogP contribution in [0.5, 0.6) is 5.88 Å². The van der Waals surface area contributed by atoms with Crippen LogP contribution in [0.3, 0.4) is 0 Å². The van der Waals surface area contributed by atoms with Gasteiger partial charge in [0.25, 0.3) is 0 Å². The van der Waals surface area contributed by atoms with Crippen molar-refractivity contribution in [3.05, 3.63) is 59.7 Å². The van der Waals surface area contributed by atoms with Gasteiger partial charge in [-0.05, 0) is 31.7 Å². The van der Waals surface area contributed by atoms with Crippen LogP contribution in [0.1, 0.15) is 36.2 Å². The molecule has 1 amide bonds. The first-order valence-corrected chi connectivity index (χ1v) is 11.1. The average molecular weight is 466 g/mol. The lowest BCUT2D eigenvalue weighted by Crippen LogP contribution is -2.25. The highest BCUT2D eigenvalue weighted by atomic mass is 16.5. The first-order valence-electron chi connectivity index (χ1n) is 11.1. The summed E-state index contributed by atoms with van der Waals surface area (Å²) in [4.78, 5) is 32.4. The zero-order valence-corrected chi connectivity index (χ0v) is 19.1. The lowest BCUT2D eigenvalue weighted by molar-refractivity contribution is -0.141. The molecule has 10 nitrogen and oxygen atoms in total. The Hall–Kier alpha value is -3.95. The van der Waals surface area contributed by atoms with Crippen molar-refractivity contribution >= 4 is 12.1 Å². The van der Waals surface area contributed by atoms with E-state index in [1.54, 1.807) is 31.0 Å². The van der Waals surface area contributed by atoms with Gasteiger partial charge in [-0.25, -0.2) is 14.8 Å². The van der Waals surface area contributed by atoms with Gasteiger partial charge >= 0.3 is 12.1 Å². The van der Waals surface area contributed by atoms with Gasteiger partial charge in [0.2, 0.25) is 5.88 Å². The maximum Gasteiger partial charge on any atom is 0.407 e. The highest BCUT2D eigenvalue weighted by Crippen LogP contribution is 2.30. The van der Waals surface area contributed by atoms with Gasteiger partial charge in [0, 0.05) is 12.6 Å². The smallest absolute Gasteiger partial charge is 0.407 e. The molecule has 3 aromatic rings. The molecule has 178 valence electrons. The number of nitrogens with one attached hydrogen (secondary N) is 1. The summed E-state index contributed by atoms with van der Waals surface area (Å²) in [6.45, 7) is 2.19. The second kappa shape index (κ2) is 10.3. The zero-order chi connectivity index (χ0) is 24.1. The minimum Gasteiger partial charge on any atom is -0.481 e. The molecule has 0 radical (unpaired) electrons. The molecule has 0 saturated heterocycles. The van der Waals surface area contributed by atoms with Crippen molar-refractivity contribution < 1.29 is 24.2 Å². The van der Waals surface area contributed by atoms with E-state index < -0.39 is 12.1 Å². The molecule has 0 aliphatic heterocycles. The number of alkyl carbamates (subject to hydrolysis) is 1. The number of carbonyl (C=O) groups is 2. The molecule has 2 atom stereocenters. The summed E-state index contributed by atoms with van der Waals surface area (Å²) in [6.07, 6.45) is 4.31. The van der Waals surface area contributed by atoms with Crippen LogP contribution >= 0.6 is 0 Å². The largest absolute Gasteiger partial charge is 0.481 e. The molecule has 0 bridgehead atoms. The molecule has 1 saturated carbocycles. The Bertz CT molecular complexity index is 1160. The number of aliphatic carboxylic acids is 1. The summed E-state index contributed by atoms with van der Waals surface area (Å²) < 4.78 is 12.9. The summed E-state index contributed by atoms with van der Waals surface area (Å²) in [5, 5.41) is 16.2. The number of nitrogens with zero attached hydrogens (tertiary/aromatic N) is 4. The van der Waals surface area contributed by atoms with E-state index in [0.29, 0.717) is 36.5 Å². The molecule has 34 heavy (non-hydrogen) atoms. The molecule has 10 heteroatoms. The second-order valence-corrected chi connectivity index (χ2v) is 8.28. The Morgan fingerprint density at radius 1 is 1.21 bits per heavy atom. The van der Waals surface area contributed by atoms with Gasteiger partial charge in [0.1, 0.15) is 18.4 Å². The maximum atomic E-state index is 12.2. The SMILES string of the molecule is Cc1nc(-c2cnn(C)c2CNC(=O)OCc2ccccc2)cnc1O[C@H]1CC[C@H](C(=O)O)C1. The van der Waals surface area contributed by atoms with Crippen LogP contribution in [-0.4, -0.2) is 43.0 Å². The molecule has 0 unspecified atom stereocenters. The predicted molar refractivity (Wildman–Crippen MR) is 122 cm³/mol. The quantitative estimate of drug-likeness (QED) is 0.519. The molecule has 4 rings (SSSR count). The molecule has 2 heterocycles. The Morgan fingerprint density at radius 2 is 2.00 bits per heavy atom. The van der Waals surface area contributed by atoms with E-state index in [1.165, 1.54) is 0 Å². The number of aromatic nitrogens is 4. The number of ether oxygens (including phenoxy) is 2. The second-order valence-electron chi connectivity index (χ2n) is 8.28. The van der Waals surface area contributed by atoms with E-state index in [-0.39, 0.29) is 25.2 Å². The van der Waals surface area contributed by atoms with Crippen LogP contribution in [0.4, 0.5) is 4.79 Å². The third-order valence-corrected chi connectivity index (χ3v) is 5.86. The highest BCUT2D eigenvalue weighted by Gasteiger charge is 2.31. The monoisotopic (exact) mass is 465 g/mol. The number of hydrogen-bond donors (Lipinski definition) is 2. The third kappa shape index (κ3) is 5.51. The van der Waals surface area contributed by atoms with E-state index in [0.717, 1.165) is 16.8 Å². The zero-order valence-electron chi connectivity index (χ0n) is 19.1. The van der Waals surface area contributed by atoms with Crippen molar-refractivity contribution in [1.29, 1.82) is 0 Å². The average Bonchev–Trinajstić information content (AvgIpc) is 3.45. The molecular formula is C24H27N5O5. The number of aryl methyl sites for hydroxylation is 2. The Morgan fingerprint density at radius 3 is 2.71 bits per heavy atom. The van der Waals surface area contributed by atoms with Crippen molar-refractivity contribution in [3.8, 4) is 17.1 Å². The van der Waals surface area contributed by atoms with E-state index in [9.17, 15) is 14.7 Å². The van der Waals surface area contributed by atoms with Crippen LogP contribution in [0.2, 0.25) is 0 Å². The van der Waals surface area contributed by atoms with E-state index in [2.05, 4.69) is 20.4 Å². The van der Waals surface area contributed by atoms with Crippen LogP contribution in [0.15, 0.2) is 42.7 Å². The molecule has 1 aliphatic rings.